The maximum Gasteiger partial charge on any atom is 0.234 e. The number of hydrogen-bond donors (Lipinski definition) is 2. The van der Waals surface area contributed by atoms with Gasteiger partial charge < -0.3 is 15.4 Å². The second-order valence-electron chi connectivity index (χ2n) is 5.68. The van der Waals surface area contributed by atoms with Crippen molar-refractivity contribution in [2.75, 3.05) is 22.9 Å². The van der Waals surface area contributed by atoms with Gasteiger partial charge in [0.15, 0.2) is 4.34 Å². The standard InChI is InChI=1S/C19H20N4O2S2/c1-3-20-18-22-23-19(27-18)26-12-17(24)21-14-7-9-15(10-8-14)25-16-6-4-5-13(2)11-16/h4-11H,3,12H2,1-2H3,(H,20,22)(H,21,24). The van der Waals surface area contributed by atoms with Crippen molar-refractivity contribution in [2.24, 2.45) is 0 Å². The van der Waals surface area contributed by atoms with Gasteiger partial charge in [0.1, 0.15) is 11.5 Å². The van der Waals surface area contributed by atoms with Crippen molar-refractivity contribution in [1.29, 1.82) is 0 Å². The Bertz CT molecular complexity index is 897. The summed E-state index contributed by atoms with van der Waals surface area (Å²) in [6.07, 6.45) is 0. The first-order valence-electron chi connectivity index (χ1n) is 8.47. The molecule has 27 heavy (non-hydrogen) atoms. The fraction of sp³-hybridized carbons (Fsp3) is 0.211. The molecule has 0 spiro atoms. The van der Waals surface area contributed by atoms with Crippen molar-refractivity contribution in [1.82, 2.24) is 10.2 Å². The van der Waals surface area contributed by atoms with Crippen LogP contribution in [0.3, 0.4) is 0 Å². The second-order valence-corrected chi connectivity index (χ2v) is 7.88. The van der Waals surface area contributed by atoms with Gasteiger partial charge >= 0.3 is 0 Å². The average molecular weight is 401 g/mol. The predicted octanol–water partition coefficient (Wildman–Crippen LogP) is 4.80. The summed E-state index contributed by atoms with van der Waals surface area (Å²) in [6, 6.07) is 15.2. The number of benzene rings is 2. The van der Waals surface area contributed by atoms with Gasteiger partial charge in [-0.2, -0.15) is 0 Å². The van der Waals surface area contributed by atoms with Gasteiger partial charge in [0, 0.05) is 12.2 Å². The molecular formula is C19H20N4O2S2. The molecule has 3 aromatic rings. The van der Waals surface area contributed by atoms with Crippen LogP contribution in [0, 0.1) is 6.92 Å². The zero-order valence-corrected chi connectivity index (χ0v) is 16.7. The molecule has 0 atom stereocenters. The Balaban J connectivity index is 1.49. The number of rotatable bonds is 8. The summed E-state index contributed by atoms with van der Waals surface area (Å²) in [5.74, 6) is 1.70. The highest BCUT2D eigenvalue weighted by atomic mass is 32.2. The van der Waals surface area contributed by atoms with Crippen LogP contribution in [0.1, 0.15) is 12.5 Å². The number of amides is 1. The molecule has 1 aromatic heterocycles. The normalized spacial score (nSPS) is 10.4. The molecule has 8 heteroatoms. The Morgan fingerprint density at radius 2 is 1.96 bits per heavy atom. The van der Waals surface area contributed by atoms with Crippen LogP contribution in [-0.4, -0.2) is 28.4 Å². The highest BCUT2D eigenvalue weighted by Crippen LogP contribution is 2.26. The van der Waals surface area contributed by atoms with Gasteiger partial charge in [0.25, 0.3) is 0 Å². The minimum Gasteiger partial charge on any atom is -0.457 e. The van der Waals surface area contributed by atoms with Crippen LogP contribution in [0.15, 0.2) is 52.9 Å². The molecular weight excluding hydrogens is 380 g/mol. The molecule has 0 aliphatic heterocycles. The molecule has 0 aliphatic rings. The third-order valence-electron chi connectivity index (χ3n) is 3.42. The molecule has 140 valence electrons. The summed E-state index contributed by atoms with van der Waals surface area (Å²) in [5.41, 5.74) is 1.87. The maximum atomic E-state index is 12.1. The molecule has 6 nitrogen and oxygen atoms in total. The molecule has 2 N–H and O–H groups in total. The van der Waals surface area contributed by atoms with E-state index in [0.717, 1.165) is 38.8 Å². The smallest absolute Gasteiger partial charge is 0.234 e. The first-order valence-corrected chi connectivity index (χ1v) is 10.3. The number of aryl methyl sites for hydroxylation is 1. The fourth-order valence-corrected chi connectivity index (χ4v) is 3.86. The van der Waals surface area contributed by atoms with Gasteiger partial charge in [-0.25, -0.2) is 0 Å². The first kappa shape index (κ1) is 19.2. The maximum absolute atomic E-state index is 12.1. The minimum absolute atomic E-state index is 0.0902. The van der Waals surface area contributed by atoms with Gasteiger partial charge in [-0.05, 0) is 55.8 Å². The fourth-order valence-electron chi connectivity index (χ4n) is 2.24. The van der Waals surface area contributed by atoms with Gasteiger partial charge in [0.2, 0.25) is 11.0 Å². The van der Waals surface area contributed by atoms with E-state index in [9.17, 15) is 4.79 Å². The summed E-state index contributed by atoms with van der Waals surface area (Å²) in [6.45, 7) is 4.81. The number of aromatic nitrogens is 2. The van der Waals surface area contributed by atoms with Crippen molar-refractivity contribution in [3.63, 3.8) is 0 Å². The monoisotopic (exact) mass is 400 g/mol. The van der Waals surface area contributed by atoms with Crippen LogP contribution in [0.2, 0.25) is 0 Å². The first-order chi connectivity index (χ1) is 13.1. The van der Waals surface area contributed by atoms with E-state index in [2.05, 4.69) is 20.8 Å². The summed E-state index contributed by atoms with van der Waals surface area (Å²) in [7, 11) is 0. The lowest BCUT2D eigenvalue weighted by Crippen LogP contribution is -2.13. The Morgan fingerprint density at radius 3 is 2.70 bits per heavy atom. The van der Waals surface area contributed by atoms with Crippen LogP contribution in [0.5, 0.6) is 11.5 Å². The lowest BCUT2D eigenvalue weighted by Gasteiger charge is -2.08. The van der Waals surface area contributed by atoms with E-state index in [1.54, 1.807) is 0 Å². The van der Waals surface area contributed by atoms with E-state index < -0.39 is 0 Å². The highest BCUT2D eigenvalue weighted by molar-refractivity contribution is 8.01. The van der Waals surface area contributed by atoms with E-state index in [-0.39, 0.29) is 11.7 Å². The quantitative estimate of drug-likeness (QED) is 0.529. The molecule has 1 heterocycles. The number of nitrogens with zero attached hydrogens (tertiary/aromatic N) is 2. The van der Waals surface area contributed by atoms with Crippen LogP contribution < -0.4 is 15.4 Å². The number of carbonyl (C=O) groups excluding carboxylic acids is 1. The second kappa shape index (κ2) is 9.38. The van der Waals surface area contributed by atoms with Crippen LogP contribution in [0.4, 0.5) is 10.8 Å². The van der Waals surface area contributed by atoms with Gasteiger partial charge in [0.05, 0.1) is 5.75 Å². The molecule has 3 rings (SSSR count). The highest BCUT2D eigenvalue weighted by Gasteiger charge is 2.08. The number of nitrogens with one attached hydrogen (secondary N) is 2. The molecule has 0 unspecified atom stereocenters. The van der Waals surface area contributed by atoms with Crippen molar-refractivity contribution in [3.05, 3.63) is 54.1 Å². The number of thioether (sulfide) groups is 1. The summed E-state index contributed by atoms with van der Waals surface area (Å²) in [5, 5.41) is 14.8. The lowest BCUT2D eigenvalue weighted by atomic mass is 10.2. The summed E-state index contributed by atoms with van der Waals surface area (Å²) < 4.78 is 6.58. The van der Waals surface area contributed by atoms with Crippen molar-refractivity contribution in [2.45, 2.75) is 18.2 Å². The Labute approximate surface area is 166 Å². The van der Waals surface area contributed by atoms with Gasteiger partial charge in [-0.3, -0.25) is 4.79 Å². The number of ether oxygens (including phenoxy) is 1. The summed E-state index contributed by atoms with van der Waals surface area (Å²) in [4.78, 5) is 12.1. The lowest BCUT2D eigenvalue weighted by molar-refractivity contribution is -0.113. The van der Waals surface area contributed by atoms with E-state index in [1.807, 2.05) is 62.4 Å². The molecule has 0 fully saturated rings. The average Bonchev–Trinajstić information content (AvgIpc) is 3.10. The zero-order chi connectivity index (χ0) is 19.1. The molecule has 1 amide bonds. The van der Waals surface area contributed by atoms with Crippen LogP contribution >= 0.6 is 23.1 Å². The predicted molar refractivity (Wildman–Crippen MR) is 111 cm³/mol. The van der Waals surface area contributed by atoms with Crippen molar-refractivity contribution < 1.29 is 9.53 Å². The minimum atomic E-state index is -0.0902. The van der Waals surface area contributed by atoms with E-state index >= 15 is 0 Å². The van der Waals surface area contributed by atoms with Crippen LogP contribution in [0.25, 0.3) is 0 Å². The Morgan fingerprint density at radius 1 is 1.15 bits per heavy atom. The summed E-state index contributed by atoms with van der Waals surface area (Å²) >= 11 is 2.81. The van der Waals surface area contributed by atoms with Gasteiger partial charge in [-0.1, -0.05) is 35.2 Å². The molecule has 0 aliphatic carbocycles. The number of hydrogen-bond acceptors (Lipinski definition) is 7. The molecule has 0 radical (unpaired) electrons. The SMILES string of the molecule is CCNc1nnc(SCC(=O)Nc2ccc(Oc3cccc(C)c3)cc2)s1. The van der Waals surface area contributed by atoms with Crippen LogP contribution in [-0.2, 0) is 4.79 Å². The Hall–Kier alpha value is -2.58. The third kappa shape index (κ3) is 5.97. The number of anilines is 2. The Kier molecular flexibility index (Phi) is 6.67. The zero-order valence-electron chi connectivity index (χ0n) is 15.1. The topological polar surface area (TPSA) is 76.1 Å². The number of carbonyl (C=O) groups is 1. The molecule has 0 saturated carbocycles. The molecule has 0 bridgehead atoms. The van der Waals surface area contributed by atoms with E-state index in [4.69, 9.17) is 4.74 Å². The molecule has 0 saturated heterocycles. The third-order valence-corrected chi connectivity index (χ3v) is 5.44. The van der Waals surface area contributed by atoms with Crippen molar-refractivity contribution in [3.8, 4) is 11.5 Å². The van der Waals surface area contributed by atoms with E-state index in [1.165, 1.54) is 23.1 Å². The van der Waals surface area contributed by atoms with Crippen molar-refractivity contribution >= 4 is 39.8 Å². The largest absolute Gasteiger partial charge is 0.457 e. The van der Waals surface area contributed by atoms with E-state index in [0.29, 0.717) is 0 Å². The van der Waals surface area contributed by atoms with Gasteiger partial charge in [-0.15, -0.1) is 10.2 Å². The molecule has 2 aromatic carbocycles.